The number of aliphatic carboxylic acids is 4. The Balaban J connectivity index is 0.000000374. The van der Waals surface area contributed by atoms with E-state index in [9.17, 15) is 23.6 Å². The van der Waals surface area contributed by atoms with Crippen molar-refractivity contribution in [3.63, 3.8) is 0 Å². The first-order valence-corrected chi connectivity index (χ1v) is 11.6. The molecule has 0 aliphatic carbocycles. The van der Waals surface area contributed by atoms with Gasteiger partial charge in [0.1, 0.15) is 5.82 Å². The Hall–Kier alpha value is -4.10. The van der Waals surface area contributed by atoms with E-state index in [2.05, 4.69) is 29.1 Å². The Bertz CT molecular complexity index is 1070. The van der Waals surface area contributed by atoms with Gasteiger partial charge in [-0.2, -0.15) is 0 Å². The molecule has 1 aliphatic rings. The third-order valence-corrected chi connectivity index (χ3v) is 5.25. The number of likely N-dealkylation sites (tertiary alicyclic amines) is 1. The van der Waals surface area contributed by atoms with Crippen LogP contribution in [0.5, 0.6) is 0 Å². The van der Waals surface area contributed by atoms with Crippen LogP contribution >= 0.6 is 0 Å². The fraction of sp³-hybridized carbons (Fsp3) is 0.400. The second kappa shape index (κ2) is 16.6. The predicted octanol–water partition coefficient (Wildman–Crippen LogP) is 2.52. The van der Waals surface area contributed by atoms with Crippen LogP contribution in [0.4, 0.5) is 4.39 Å². The summed E-state index contributed by atoms with van der Waals surface area (Å²) in [6.45, 7) is 4.51. The van der Waals surface area contributed by atoms with E-state index in [1.54, 1.807) is 6.07 Å². The second-order valence-corrected chi connectivity index (χ2v) is 8.50. The smallest absolute Gasteiger partial charge is 0.328 e. The molecule has 0 spiro atoms. The van der Waals surface area contributed by atoms with Crippen molar-refractivity contribution in [2.24, 2.45) is 0 Å². The Morgan fingerprint density at radius 1 is 0.974 bits per heavy atom. The van der Waals surface area contributed by atoms with Crippen LogP contribution in [0.3, 0.4) is 0 Å². The minimum absolute atomic E-state index is 0.272. The molecule has 2 heterocycles. The maximum absolute atomic E-state index is 13.2. The summed E-state index contributed by atoms with van der Waals surface area (Å²) in [6, 6.07) is 4.70. The number of rotatable bonds is 9. The maximum Gasteiger partial charge on any atom is 0.328 e. The second-order valence-electron chi connectivity index (χ2n) is 8.50. The molecule has 208 valence electrons. The van der Waals surface area contributed by atoms with Gasteiger partial charge in [-0.3, -0.25) is 0 Å². The van der Waals surface area contributed by atoms with E-state index in [-0.39, 0.29) is 5.82 Å². The zero-order valence-electron chi connectivity index (χ0n) is 21.1. The van der Waals surface area contributed by atoms with E-state index in [1.807, 2.05) is 0 Å². The van der Waals surface area contributed by atoms with Gasteiger partial charge >= 0.3 is 23.9 Å². The monoisotopic (exact) mass is 537 g/mol. The molecular weight excluding hydrogens is 505 g/mol. The standard InChI is InChI=1S/C17H24FN3O.2C4H4O4/c1-20(2)8-3-9-21-10-6-13(7-11-21)17-15-5-4-14(18)12-16(15)22-19-17;2*5-3(6)1-2-4(7)8/h4-5,12-13H,3,6-11H2,1-2H3;2*1-2H,(H,5,6)(H,7,8). The van der Waals surface area contributed by atoms with Crippen LogP contribution in [-0.4, -0.2) is 99.5 Å². The van der Waals surface area contributed by atoms with Crippen LogP contribution in [0.2, 0.25) is 0 Å². The van der Waals surface area contributed by atoms with Crippen LogP contribution in [0.25, 0.3) is 11.0 Å². The Morgan fingerprint density at radius 3 is 1.92 bits per heavy atom. The average Bonchev–Trinajstić information content (AvgIpc) is 3.25. The minimum atomic E-state index is -1.26. The summed E-state index contributed by atoms with van der Waals surface area (Å²) in [4.78, 5) is 43.0. The summed E-state index contributed by atoms with van der Waals surface area (Å²) in [7, 11) is 4.23. The van der Waals surface area contributed by atoms with E-state index in [0.29, 0.717) is 35.8 Å². The highest BCUT2D eigenvalue weighted by Crippen LogP contribution is 2.32. The van der Waals surface area contributed by atoms with Gasteiger partial charge in [-0.15, -0.1) is 0 Å². The van der Waals surface area contributed by atoms with Gasteiger partial charge in [0.15, 0.2) is 5.58 Å². The topological polar surface area (TPSA) is 182 Å². The van der Waals surface area contributed by atoms with Gasteiger partial charge in [-0.1, -0.05) is 5.16 Å². The molecule has 4 N–H and O–H groups in total. The largest absolute Gasteiger partial charge is 0.478 e. The van der Waals surface area contributed by atoms with E-state index in [1.165, 1.54) is 18.6 Å². The first-order valence-electron chi connectivity index (χ1n) is 11.6. The molecule has 1 aliphatic heterocycles. The number of carbonyl (C=O) groups is 4. The molecule has 1 aromatic heterocycles. The number of benzene rings is 1. The zero-order valence-corrected chi connectivity index (χ0v) is 21.1. The highest BCUT2D eigenvalue weighted by molar-refractivity contribution is 5.90. The fourth-order valence-electron chi connectivity index (χ4n) is 3.55. The molecule has 0 unspecified atom stereocenters. The van der Waals surface area contributed by atoms with Crippen molar-refractivity contribution in [1.29, 1.82) is 0 Å². The number of hydrogen-bond donors (Lipinski definition) is 4. The molecule has 1 aromatic carbocycles. The molecule has 3 rings (SSSR count). The average molecular weight is 538 g/mol. The highest BCUT2D eigenvalue weighted by Gasteiger charge is 2.24. The fourth-order valence-corrected chi connectivity index (χ4v) is 3.55. The molecule has 2 aromatic rings. The van der Waals surface area contributed by atoms with Crippen LogP contribution in [0.15, 0.2) is 47.0 Å². The first kappa shape index (κ1) is 31.9. The lowest BCUT2D eigenvalue weighted by Gasteiger charge is -2.31. The molecule has 0 radical (unpaired) electrons. The van der Waals surface area contributed by atoms with Crippen LogP contribution in [-0.2, 0) is 19.2 Å². The summed E-state index contributed by atoms with van der Waals surface area (Å²) < 4.78 is 18.5. The number of halogens is 1. The van der Waals surface area contributed by atoms with Crippen molar-refractivity contribution in [3.8, 4) is 0 Å². The van der Waals surface area contributed by atoms with Gasteiger partial charge in [0.2, 0.25) is 0 Å². The van der Waals surface area contributed by atoms with Gasteiger partial charge in [0.25, 0.3) is 0 Å². The summed E-state index contributed by atoms with van der Waals surface area (Å²) in [5.41, 5.74) is 1.56. The molecule has 0 saturated carbocycles. The number of fused-ring (bicyclic) bond motifs is 1. The van der Waals surface area contributed by atoms with Crippen molar-refractivity contribution >= 4 is 34.8 Å². The van der Waals surface area contributed by atoms with Crippen molar-refractivity contribution in [3.05, 3.63) is 54.0 Å². The van der Waals surface area contributed by atoms with Crippen LogP contribution in [0.1, 0.15) is 30.9 Å². The molecule has 1 fully saturated rings. The lowest BCUT2D eigenvalue weighted by atomic mass is 9.91. The van der Waals surface area contributed by atoms with E-state index < -0.39 is 23.9 Å². The molecule has 1 saturated heterocycles. The number of aromatic nitrogens is 1. The molecule has 0 atom stereocenters. The first-order chi connectivity index (χ1) is 17.9. The van der Waals surface area contributed by atoms with Crippen molar-refractivity contribution in [2.75, 3.05) is 40.3 Å². The normalized spacial score (nSPS) is 14.2. The number of carboxylic acids is 4. The lowest BCUT2D eigenvalue weighted by Crippen LogP contribution is -2.34. The minimum Gasteiger partial charge on any atom is -0.478 e. The van der Waals surface area contributed by atoms with Gasteiger partial charge in [0, 0.05) is 41.7 Å². The SMILES string of the molecule is CN(C)CCCN1CCC(c2noc3cc(F)ccc23)CC1.O=C(O)C=CC(=O)O.O=C(O)C=CC(=O)O. The molecule has 38 heavy (non-hydrogen) atoms. The van der Waals surface area contributed by atoms with Gasteiger partial charge in [-0.25, -0.2) is 23.6 Å². The van der Waals surface area contributed by atoms with Gasteiger partial charge < -0.3 is 34.7 Å². The third-order valence-electron chi connectivity index (χ3n) is 5.25. The maximum atomic E-state index is 13.2. The lowest BCUT2D eigenvalue weighted by molar-refractivity contribution is -0.134. The van der Waals surface area contributed by atoms with Crippen molar-refractivity contribution in [2.45, 2.75) is 25.2 Å². The van der Waals surface area contributed by atoms with Crippen LogP contribution < -0.4 is 0 Å². The van der Waals surface area contributed by atoms with E-state index in [0.717, 1.165) is 50.1 Å². The molecule has 12 nitrogen and oxygen atoms in total. The Morgan fingerprint density at radius 2 is 1.47 bits per heavy atom. The Labute approximate surface area is 218 Å². The quantitative estimate of drug-likeness (QED) is 0.344. The number of carboxylic acid groups (broad SMARTS) is 4. The van der Waals surface area contributed by atoms with Crippen LogP contribution in [0, 0.1) is 5.82 Å². The number of nitrogens with zero attached hydrogens (tertiary/aromatic N) is 3. The molecule has 0 bridgehead atoms. The zero-order chi connectivity index (χ0) is 28.7. The van der Waals surface area contributed by atoms with E-state index >= 15 is 0 Å². The molecule has 0 amide bonds. The third kappa shape index (κ3) is 13.3. The van der Waals surface area contributed by atoms with Gasteiger partial charge in [-0.05, 0) is 71.7 Å². The molecular formula is C25H32FN3O9. The summed E-state index contributed by atoms with van der Waals surface area (Å²) in [5, 5.41) is 36.4. The highest BCUT2D eigenvalue weighted by atomic mass is 19.1. The Kier molecular flexibility index (Phi) is 14.0. The van der Waals surface area contributed by atoms with Crippen molar-refractivity contribution in [1.82, 2.24) is 15.0 Å². The number of piperidine rings is 1. The van der Waals surface area contributed by atoms with Gasteiger partial charge in [0.05, 0.1) is 5.69 Å². The molecule has 13 heteroatoms. The summed E-state index contributed by atoms with van der Waals surface area (Å²) in [6.07, 6.45) is 5.64. The van der Waals surface area contributed by atoms with Crippen molar-refractivity contribution < 1.29 is 48.5 Å². The summed E-state index contributed by atoms with van der Waals surface area (Å²) in [5.74, 6) is -4.87. The number of hydrogen-bond acceptors (Lipinski definition) is 8. The summed E-state index contributed by atoms with van der Waals surface area (Å²) >= 11 is 0. The van der Waals surface area contributed by atoms with E-state index in [4.69, 9.17) is 24.9 Å². The predicted molar refractivity (Wildman–Crippen MR) is 134 cm³/mol.